The highest BCUT2D eigenvalue weighted by atomic mass is 14.3. The minimum absolute atomic E-state index is 0.335. The summed E-state index contributed by atoms with van der Waals surface area (Å²) in [5.41, 5.74) is 2.31. The number of rotatable bonds is 1. The van der Waals surface area contributed by atoms with Gasteiger partial charge < -0.3 is 0 Å². The summed E-state index contributed by atoms with van der Waals surface area (Å²) >= 11 is 0. The normalized spacial score (nSPS) is 15.1. The van der Waals surface area contributed by atoms with Crippen LogP contribution in [0.3, 0.4) is 0 Å². The lowest BCUT2D eigenvalue weighted by atomic mass is 9.77. The molecule has 12 heavy (non-hydrogen) atoms. The van der Waals surface area contributed by atoms with Gasteiger partial charge in [0.2, 0.25) is 0 Å². The molecule has 0 heterocycles. The molecule has 0 amide bonds. The predicted octanol–water partition coefficient (Wildman–Crippen LogP) is 4.42. The molecule has 0 aromatic heterocycles. The summed E-state index contributed by atoms with van der Waals surface area (Å²) in [6.07, 6.45) is 3.47. The minimum atomic E-state index is 0.335. The van der Waals surface area contributed by atoms with Gasteiger partial charge in [-0.25, -0.2) is 0 Å². The number of hydrogen-bond donors (Lipinski definition) is 0. The highest BCUT2D eigenvalue weighted by molar-refractivity contribution is 5.11. The van der Waals surface area contributed by atoms with Crippen LogP contribution in [-0.2, 0) is 0 Å². The Labute approximate surface area is 78.1 Å². The fourth-order valence-corrected chi connectivity index (χ4v) is 1.37. The van der Waals surface area contributed by atoms with Gasteiger partial charge in [-0.15, -0.1) is 0 Å². The number of hydrogen-bond acceptors (Lipinski definition) is 0. The molecular formula is C12H24. The molecule has 0 saturated heterocycles. The monoisotopic (exact) mass is 168 g/mol. The first kappa shape index (κ1) is 11.7. The van der Waals surface area contributed by atoms with Crippen LogP contribution in [0.25, 0.3) is 0 Å². The van der Waals surface area contributed by atoms with Gasteiger partial charge in [0.25, 0.3) is 0 Å². The predicted molar refractivity (Wildman–Crippen MR) is 57.3 cm³/mol. The smallest absolute Gasteiger partial charge is 0.0173 e. The molecule has 0 rings (SSSR count). The van der Waals surface area contributed by atoms with E-state index in [1.54, 1.807) is 5.57 Å². The third kappa shape index (κ3) is 4.58. The maximum absolute atomic E-state index is 2.29. The van der Waals surface area contributed by atoms with Crippen LogP contribution in [0.15, 0.2) is 11.6 Å². The van der Waals surface area contributed by atoms with E-state index in [1.165, 1.54) is 6.42 Å². The van der Waals surface area contributed by atoms with Crippen LogP contribution in [0.2, 0.25) is 0 Å². The van der Waals surface area contributed by atoms with Gasteiger partial charge in [-0.05, 0) is 24.2 Å². The lowest BCUT2D eigenvalue weighted by Gasteiger charge is -2.29. The Morgan fingerprint density at radius 2 is 1.42 bits per heavy atom. The van der Waals surface area contributed by atoms with Crippen LogP contribution >= 0.6 is 0 Å². The van der Waals surface area contributed by atoms with E-state index in [-0.39, 0.29) is 0 Å². The Hall–Kier alpha value is -0.260. The molecule has 0 bridgehead atoms. The zero-order valence-corrected chi connectivity index (χ0v) is 9.78. The molecule has 0 heteroatoms. The third-order valence-corrected chi connectivity index (χ3v) is 2.03. The van der Waals surface area contributed by atoms with Crippen LogP contribution in [0.1, 0.15) is 54.9 Å². The van der Waals surface area contributed by atoms with Gasteiger partial charge in [0, 0.05) is 0 Å². The second kappa shape index (κ2) is 3.64. The molecule has 0 fully saturated rings. The summed E-state index contributed by atoms with van der Waals surface area (Å²) in [7, 11) is 0. The van der Waals surface area contributed by atoms with Crippen molar-refractivity contribution in [3.05, 3.63) is 11.6 Å². The highest BCUT2D eigenvalue weighted by Crippen LogP contribution is 2.34. The molecule has 0 spiro atoms. The molecule has 0 radical (unpaired) electrons. The average Bonchev–Trinajstić information content (AvgIpc) is 1.78. The molecule has 0 aromatic carbocycles. The van der Waals surface area contributed by atoms with E-state index in [4.69, 9.17) is 0 Å². The Morgan fingerprint density at radius 3 is 1.50 bits per heavy atom. The van der Waals surface area contributed by atoms with Crippen LogP contribution < -0.4 is 0 Å². The zero-order valence-electron chi connectivity index (χ0n) is 9.78. The third-order valence-electron chi connectivity index (χ3n) is 2.03. The first-order chi connectivity index (χ1) is 5.17. The van der Waals surface area contributed by atoms with Crippen molar-refractivity contribution in [3.63, 3.8) is 0 Å². The Morgan fingerprint density at radius 1 is 1.00 bits per heavy atom. The lowest BCUT2D eigenvalue weighted by molar-refractivity contribution is 0.359. The van der Waals surface area contributed by atoms with Crippen molar-refractivity contribution in [2.75, 3.05) is 0 Å². The first-order valence-corrected chi connectivity index (χ1v) is 4.82. The van der Waals surface area contributed by atoms with Crippen molar-refractivity contribution < 1.29 is 0 Å². The summed E-state index contributed by atoms with van der Waals surface area (Å²) in [5, 5.41) is 0. The van der Waals surface area contributed by atoms with Crippen molar-refractivity contribution in [1.29, 1.82) is 0 Å². The van der Waals surface area contributed by atoms with Crippen molar-refractivity contribution in [1.82, 2.24) is 0 Å². The average molecular weight is 168 g/mol. The van der Waals surface area contributed by atoms with E-state index in [2.05, 4.69) is 54.5 Å². The first-order valence-electron chi connectivity index (χ1n) is 4.82. The summed E-state index contributed by atoms with van der Waals surface area (Å²) in [4.78, 5) is 0. The van der Waals surface area contributed by atoms with Crippen LogP contribution in [0, 0.1) is 10.8 Å². The number of allylic oxidation sites excluding steroid dienone is 2. The largest absolute Gasteiger partial charge is 0.0879 e. The molecule has 0 aliphatic rings. The zero-order chi connectivity index (χ0) is 9.99. The fourth-order valence-electron chi connectivity index (χ4n) is 1.37. The summed E-state index contributed by atoms with van der Waals surface area (Å²) in [5.74, 6) is 0. The topological polar surface area (TPSA) is 0 Å². The van der Waals surface area contributed by atoms with Crippen molar-refractivity contribution in [3.8, 4) is 0 Å². The van der Waals surface area contributed by atoms with Gasteiger partial charge in [-0.1, -0.05) is 53.2 Å². The molecular weight excluding hydrogens is 144 g/mol. The van der Waals surface area contributed by atoms with E-state index in [1.807, 2.05) is 0 Å². The fraction of sp³-hybridized carbons (Fsp3) is 0.833. The van der Waals surface area contributed by atoms with E-state index in [0.717, 1.165) is 0 Å². The van der Waals surface area contributed by atoms with E-state index in [0.29, 0.717) is 10.8 Å². The summed E-state index contributed by atoms with van der Waals surface area (Å²) in [6.45, 7) is 15.9. The molecule has 0 atom stereocenters. The molecule has 0 nitrogen and oxygen atoms in total. The van der Waals surface area contributed by atoms with Gasteiger partial charge in [-0.2, -0.15) is 0 Å². The van der Waals surface area contributed by atoms with Crippen LogP contribution in [0.4, 0.5) is 0 Å². The highest BCUT2D eigenvalue weighted by Gasteiger charge is 2.21. The van der Waals surface area contributed by atoms with Gasteiger partial charge >= 0.3 is 0 Å². The Bertz CT molecular complexity index is 159. The van der Waals surface area contributed by atoms with Gasteiger partial charge in [0.1, 0.15) is 0 Å². The molecule has 0 saturated carbocycles. The molecule has 0 aliphatic heterocycles. The van der Waals surface area contributed by atoms with E-state index < -0.39 is 0 Å². The van der Waals surface area contributed by atoms with E-state index >= 15 is 0 Å². The minimum Gasteiger partial charge on any atom is -0.0879 e. The van der Waals surface area contributed by atoms with Crippen molar-refractivity contribution >= 4 is 0 Å². The lowest BCUT2D eigenvalue weighted by Crippen LogP contribution is -2.16. The summed E-state index contributed by atoms with van der Waals surface area (Å²) < 4.78 is 0. The quantitative estimate of drug-likeness (QED) is 0.509. The Kier molecular flexibility index (Phi) is 3.56. The molecule has 0 unspecified atom stereocenters. The van der Waals surface area contributed by atoms with Crippen molar-refractivity contribution in [2.45, 2.75) is 54.9 Å². The van der Waals surface area contributed by atoms with Gasteiger partial charge in [0.05, 0.1) is 0 Å². The molecule has 0 N–H and O–H groups in total. The maximum atomic E-state index is 2.29. The van der Waals surface area contributed by atoms with Crippen LogP contribution in [-0.4, -0.2) is 0 Å². The second-order valence-corrected chi connectivity index (χ2v) is 5.80. The standard InChI is InChI=1S/C12H24/c1-8-10(12(5,6)7)9-11(2,3)4/h8H,9H2,1-7H3. The SMILES string of the molecule is CC=C(CC(C)(C)C)C(C)(C)C. The second-order valence-electron chi connectivity index (χ2n) is 5.80. The molecule has 0 aliphatic carbocycles. The van der Waals surface area contributed by atoms with Gasteiger partial charge in [0.15, 0.2) is 0 Å². The van der Waals surface area contributed by atoms with E-state index in [9.17, 15) is 0 Å². The molecule has 0 aromatic rings. The Balaban J connectivity index is 4.43. The van der Waals surface area contributed by atoms with Crippen LogP contribution in [0.5, 0.6) is 0 Å². The van der Waals surface area contributed by atoms with Gasteiger partial charge in [-0.3, -0.25) is 0 Å². The summed E-state index contributed by atoms with van der Waals surface area (Å²) in [6, 6.07) is 0. The maximum Gasteiger partial charge on any atom is -0.0173 e. The van der Waals surface area contributed by atoms with Crippen molar-refractivity contribution in [2.24, 2.45) is 10.8 Å². The molecule has 72 valence electrons.